The van der Waals surface area contributed by atoms with Gasteiger partial charge in [-0.2, -0.15) is 0 Å². The van der Waals surface area contributed by atoms with E-state index in [4.69, 9.17) is 22.1 Å². The van der Waals surface area contributed by atoms with E-state index in [-0.39, 0.29) is 11.3 Å². The highest BCUT2D eigenvalue weighted by Gasteiger charge is 2.44. The van der Waals surface area contributed by atoms with E-state index >= 15 is 0 Å². The molecule has 28 heavy (non-hydrogen) atoms. The molecule has 1 amide bonds. The minimum absolute atomic E-state index is 0.0126. The predicted octanol–water partition coefficient (Wildman–Crippen LogP) is 4.58. The molecule has 2 N–H and O–H groups in total. The zero-order valence-electron chi connectivity index (χ0n) is 15.4. The second kappa shape index (κ2) is 6.76. The van der Waals surface area contributed by atoms with E-state index in [1.165, 1.54) is 16.9 Å². The molecule has 144 valence electrons. The second-order valence-electron chi connectivity index (χ2n) is 7.64. The molecule has 0 saturated carbocycles. The number of benzene rings is 2. The van der Waals surface area contributed by atoms with Crippen LogP contribution in [0.25, 0.3) is 10.1 Å². The van der Waals surface area contributed by atoms with E-state index in [2.05, 4.69) is 6.07 Å². The van der Waals surface area contributed by atoms with Crippen molar-refractivity contribution in [3.05, 3.63) is 63.5 Å². The lowest BCUT2D eigenvalue weighted by molar-refractivity contribution is 0.0651. The number of piperidine rings is 1. The first-order chi connectivity index (χ1) is 13.6. The number of fused-ring (bicyclic) bond motifs is 3. The zero-order chi connectivity index (χ0) is 19.3. The van der Waals surface area contributed by atoms with Gasteiger partial charge in [-0.1, -0.05) is 41.9 Å². The summed E-state index contributed by atoms with van der Waals surface area (Å²) in [5, 5.41) is 1.53. The van der Waals surface area contributed by atoms with Crippen molar-refractivity contribution in [1.82, 2.24) is 4.90 Å². The Kier molecular flexibility index (Phi) is 4.34. The molecule has 0 bridgehead atoms. The fraction of sp³-hybridized carbons (Fsp3) is 0.318. The van der Waals surface area contributed by atoms with Gasteiger partial charge in [-0.15, -0.1) is 11.3 Å². The van der Waals surface area contributed by atoms with Crippen LogP contribution in [-0.2, 0) is 12.0 Å². The number of nitrogens with two attached hydrogens (primary N) is 1. The molecule has 6 heteroatoms. The van der Waals surface area contributed by atoms with Crippen molar-refractivity contribution in [2.75, 3.05) is 19.7 Å². The predicted molar refractivity (Wildman–Crippen MR) is 113 cm³/mol. The van der Waals surface area contributed by atoms with Gasteiger partial charge in [0.05, 0.1) is 11.6 Å². The van der Waals surface area contributed by atoms with Crippen LogP contribution in [0.15, 0.2) is 42.5 Å². The molecule has 1 spiro atoms. The molecular weight excluding hydrogens is 392 g/mol. The first-order valence-electron chi connectivity index (χ1n) is 9.54. The molecule has 2 aliphatic heterocycles. The van der Waals surface area contributed by atoms with Crippen molar-refractivity contribution in [2.45, 2.75) is 24.8 Å². The highest BCUT2D eigenvalue weighted by Crippen LogP contribution is 2.46. The van der Waals surface area contributed by atoms with Crippen molar-refractivity contribution in [3.63, 3.8) is 0 Å². The topological polar surface area (TPSA) is 55.6 Å². The number of hydrogen-bond donors (Lipinski definition) is 1. The third-order valence-corrected chi connectivity index (χ3v) is 7.76. The number of amides is 1. The average Bonchev–Trinajstić information content (AvgIpc) is 3.26. The zero-order valence-corrected chi connectivity index (χ0v) is 17.0. The first kappa shape index (κ1) is 18.0. The van der Waals surface area contributed by atoms with E-state index in [1.807, 2.05) is 41.3 Å². The molecule has 4 nitrogen and oxygen atoms in total. The van der Waals surface area contributed by atoms with Crippen LogP contribution in [0.4, 0.5) is 0 Å². The number of nitrogens with zero attached hydrogens (tertiary/aromatic N) is 1. The van der Waals surface area contributed by atoms with Crippen LogP contribution in [0.5, 0.6) is 5.75 Å². The number of carbonyl (C=O) groups excluding carboxylic acids is 1. The Balaban J connectivity index is 1.38. The minimum atomic E-state index is -0.0126. The summed E-state index contributed by atoms with van der Waals surface area (Å²) in [5.74, 6) is 1.00. The Labute approximate surface area is 172 Å². The molecule has 0 radical (unpaired) electrons. The number of halogens is 1. The number of rotatable bonds is 2. The molecule has 0 unspecified atom stereocenters. The fourth-order valence-electron chi connectivity index (χ4n) is 4.38. The van der Waals surface area contributed by atoms with Gasteiger partial charge in [-0.05, 0) is 30.5 Å². The number of likely N-dealkylation sites (tertiary alicyclic amines) is 1. The Morgan fingerprint density at radius 1 is 1.21 bits per heavy atom. The molecule has 1 fully saturated rings. The maximum atomic E-state index is 13.1. The van der Waals surface area contributed by atoms with Crippen LogP contribution in [0.3, 0.4) is 0 Å². The number of thiophene rings is 1. The van der Waals surface area contributed by atoms with Gasteiger partial charge in [0.2, 0.25) is 0 Å². The van der Waals surface area contributed by atoms with E-state index in [0.717, 1.165) is 34.2 Å². The minimum Gasteiger partial charge on any atom is -0.492 e. The van der Waals surface area contributed by atoms with Crippen LogP contribution in [0.2, 0.25) is 5.02 Å². The van der Waals surface area contributed by atoms with Crippen LogP contribution >= 0.6 is 22.9 Å². The average molecular weight is 413 g/mol. The van der Waals surface area contributed by atoms with Crippen LogP contribution < -0.4 is 10.5 Å². The molecule has 1 saturated heterocycles. The smallest absolute Gasteiger partial charge is 0.265 e. The van der Waals surface area contributed by atoms with E-state index in [1.54, 1.807) is 0 Å². The second-order valence-corrected chi connectivity index (χ2v) is 9.07. The highest BCUT2D eigenvalue weighted by molar-refractivity contribution is 7.21. The van der Waals surface area contributed by atoms with Gasteiger partial charge in [0.1, 0.15) is 10.6 Å². The third-order valence-electron chi connectivity index (χ3n) is 6.09. The van der Waals surface area contributed by atoms with Crippen LogP contribution in [0, 0.1) is 0 Å². The monoisotopic (exact) mass is 412 g/mol. The number of carbonyl (C=O) groups is 1. The lowest BCUT2D eigenvalue weighted by Crippen LogP contribution is -2.46. The van der Waals surface area contributed by atoms with Gasteiger partial charge in [-0.3, -0.25) is 4.79 Å². The van der Waals surface area contributed by atoms with Gasteiger partial charge >= 0.3 is 0 Å². The summed E-state index contributed by atoms with van der Waals surface area (Å²) in [6, 6.07) is 14.1. The van der Waals surface area contributed by atoms with Crippen molar-refractivity contribution in [2.24, 2.45) is 5.73 Å². The molecule has 0 aliphatic carbocycles. The molecule has 3 heterocycles. The summed E-state index contributed by atoms with van der Waals surface area (Å²) in [7, 11) is 0. The summed E-state index contributed by atoms with van der Waals surface area (Å²) in [4.78, 5) is 15.7. The summed E-state index contributed by atoms with van der Waals surface area (Å²) in [6.45, 7) is 2.62. The third kappa shape index (κ3) is 2.72. The lowest BCUT2D eigenvalue weighted by atomic mass is 9.74. The molecule has 2 aliphatic rings. The number of ether oxygens (including phenoxy) is 1. The molecule has 3 aromatic rings. The Morgan fingerprint density at radius 2 is 2.00 bits per heavy atom. The highest BCUT2D eigenvalue weighted by atomic mass is 35.5. The summed E-state index contributed by atoms with van der Waals surface area (Å²) in [6.07, 6.45) is 1.78. The SMILES string of the molecule is NCc1ccc2c(c1)C1(CCN(C(=O)c3sc4ccccc4c3Cl)CC1)CO2. The lowest BCUT2D eigenvalue weighted by Gasteiger charge is -2.38. The Morgan fingerprint density at radius 3 is 2.75 bits per heavy atom. The maximum Gasteiger partial charge on any atom is 0.265 e. The normalized spacial score (nSPS) is 17.7. The van der Waals surface area contributed by atoms with Crippen molar-refractivity contribution in [1.29, 1.82) is 0 Å². The quantitative estimate of drug-likeness (QED) is 0.670. The van der Waals surface area contributed by atoms with Gasteiger partial charge in [0.15, 0.2) is 0 Å². The first-order valence-corrected chi connectivity index (χ1v) is 10.7. The maximum absolute atomic E-state index is 13.1. The van der Waals surface area contributed by atoms with Gasteiger partial charge in [-0.25, -0.2) is 0 Å². The van der Waals surface area contributed by atoms with Crippen molar-refractivity contribution in [3.8, 4) is 5.75 Å². The molecule has 1 aromatic heterocycles. The van der Waals surface area contributed by atoms with E-state index in [9.17, 15) is 4.79 Å². The van der Waals surface area contributed by atoms with E-state index in [0.29, 0.717) is 36.1 Å². The van der Waals surface area contributed by atoms with Gasteiger partial charge < -0.3 is 15.4 Å². The van der Waals surface area contributed by atoms with Crippen LogP contribution in [0.1, 0.15) is 33.6 Å². The summed E-state index contributed by atoms with van der Waals surface area (Å²) < 4.78 is 7.02. The molecular formula is C22H21ClN2O2S. The largest absolute Gasteiger partial charge is 0.492 e. The molecule has 2 aromatic carbocycles. The van der Waals surface area contributed by atoms with Gasteiger partial charge in [0, 0.05) is 40.7 Å². The summed E-state index contributed by atoms with van der Waals surface area (Å²) in [5.41, 5.74) is 8.19. The van der Waals surface area contributed by atoms with Gasteiger partial charge in [0.25, 0.3) is 5.91 Å². The fourth-order valence-corrected chi connectivity index (χ4v) is 5.86. The molecule has 0 atom stereocenters. The van der Waals surface area contributed by atoms with Crippen molar-refractivity contribution >= 4 is 38.9 Å². The Bertz CT molecular complexity index is 1070. The number of hydrogen-bond acceptors (Lipinski definition) is 4. The van der Waals surface area contributed by atoms with Crippen molar-refractivity contribution < 1.29 is 9.53 Å². The molecule has 5 rings (SSSR count). The van der Waals surface area contributed by atoms with Crippen LogP contribution in [-0.4, -0.2) is 30.5 Å². The Hall–Kier alpha value is -2.08. The standard InChI is InChI=1S/C22H21ClN2O2S/c23-19-15-3-1-2-4-18(15)28-20(19)21(26)25-9-7-22(8-10-25)13-27-17-6-5-14(12-24)11-16(17)22/h1-6,11H,7-10,12-13,24H2. The summed E-state index contributed by atoms with van der Waals surface area (Å²) >= 11 is 8.00. The van der Waals surface area contributed by atoms with E-state index < -0.39 is 0 Å².